The van der Waals surface area contributed by atoms with E-state index in [0.29, 0.717) is 11.1 Å². The van der Waals surface area contributed by atoms with Gasteiger partial charge in [0.05, 0.1) is 11.5 Å². The van der Waals surface area contributed by atoms with Crippen LogP contribution in [0.25, 0.3) is 0 Å². The molecule has 0 unspecified atom stereocenters. The number of rotatable bonds is 4. The Balaban J connectivity index is 2.40. The van der Waals surface area contributed by atoms with Crippen molar-refractivity contribution in [2.75, 3.05) is 0 Å². The maximum atomic E-state index is 13.8. The van der Waals surface area contributed by atoms with E-state index in [9.17, 15) is 14.5 Å². The van der Waals surface area contributed by atoms with E-state index in [0.717, 1.165) is 6.07 Å². The van der Waals surface area contributed by atoms with Crippen molar-refractivity contribution in [3.05, 3.63) is 63.5 Å². The molecule has 2 aromatic carbocycles. The summed E-state index contributed by atoms with van der Waals surface area (Å²) < 4.78 is 19.0. The summed E-state index contributed by atoms with van der Waals surface area (Å²) >= 11 is 0. The van der Waals surface area contributed by atoms with Crippen molar-refractivity contribution in [2.45, 2.75) is 13.5 Å². The van der Waals surface area contributed by atoms with Gasteiger partial charge in [-0.3, -0.25) is 10.1 Å². The summed E-state index contributed by atoms with van der Waals surface area (Å²) in [6.45, 7) is 1.29. The van der Waals surface area contributed by atoms with E-state index in [1.165, 1.54) is 18.2 Å². The summed E-state index contributed by atoms with van der Waals surface area (Å²) in [6, 6.07) is 8.52. The Labute approximate surface area is 114 Å². The molecular weight excluding hydrogens is 265 g/mol. The summed E-state index contributed by atoms with van der Waals surface area (Å²) in [7, 11) is 0. The van der Waals surface area contributed by atoms with Gasteiger partial charge in [0.25, 0.3) is 0 Å². The first-order chi connectivity index (χ1) is 9.52. The van der Waals surface area contributed by atoms with E-state index in [-0.39, 0.29) is 23.8 Å². The number of para-hydroxylation sites is 1. The van der Waals surface area contributed by atoms with Gasteiger partial charge in [0.1, 0.15) is 0 Å². The van der Waals surface area contributed by atoms with Gasteiger partial charge in [0.2, 0.25) is 5.75 Å². The number of hydrogen-bond donors (Lipinski definition) is 1. The molecule has 0 saturated carbocycles. The number of halogens is 1. The topological polar surface area (TPSA) is 72.6 Å². The molecule has 6 heteroatoms. The second-order valence-corrected chi connectivity index (χ2v) is 4.20. The molecule has 0 aliphatic rings. The number of hydrogen-bond acceptors (Lipinski definition) is 4. The van der Waals surface area contributed by atoms with Crippen LogP contribution in [-0.2, 0) is 6.61 Å². The highest BCUT2D eigenvalue weighted by Crippen LogP contribution is 2.34. The van der Waals surface area contributed by atoms with Gasteiger partial charge in [-0.15, -0.1) is 0 Å². The molecular formula is C14H12FNO4. The monoisotopic (exact) mass is 277 g/mol. The van der Waals surface area contributed by atoms with Gasteiger partial charge in [-0.25, -0.2) is 4.39 Å². The van der Waals surface area contributed by atoms with E-state index in [1.807, 2.05) is 0 Å². The molecule has 104 valence electrons. The summed E-state index contributed by atoms with van der Waals surface area (Å²) in [6.07, 6.45) is 0. The van der Waals surface area contributed by atoms with Crippen LogP contribution in [0.4, 0.5) is 10.1 Å². The molecule has 0 bridgehead atoms. The lowest BCUT2D eigenvalue weighted by Gasteiger charge is -2.09. The minimum absolute atomic E-state index is 0.0225. The zero-order chi connectivity index (χ0) is 14.7. The van der Waals surface area contributed by atoms with E-state index in [1.54, 1.807) is 19.1 Å². The number of nitrogens with zero attached hydrogens (tertiary/aromatic N) is 1. The maximum absolute atomic E-state index is 13.8. The average Bonchev–Trinajstić information content (AvgIpc) is 2.40. The van der Waals surface area contributed by atoms with Crippen molar-refractivity contribution < 1.29 is 19.2 Å². The van der Waals surface area contributed by atoms with Crippen LogP contribution in [0.2, 0.25) is 0 Å². The van der Waals surface area contributed by atoms with Crippen LogP contribution in [0, 0.1) is 22.9 Å². The lowest BCUT2D eigenvalue weighted by atomic mass is 10.2. The van der Waals surface area contributed by atoms with Crippen LogP contribution in [0.15, 0.2) is 36.4 Å². The van der Waals surface area contributed by atoms with Crippen LogP contribution in [0.1, 0.15) is 11.1 Å². The third kappa shape index (κ3) is 2.75. The highest BCUT2D eigenvalue weighted by atomic mass is 19.1. The molecule has 0 heterocycles. The summed E-state index contributed by atoms with van der Waals surface area (Å²) in [5.74, 6) is -0.839. The molecule has 0 saturated heterocycles. The SMILES string of the molecule is Cc1cccc(Oc2ccc(CO)cc2F)c1[N+](=O)[O-]. The standard InChI is InChI=1S/C14H12FNO4/c1-9-3-2-4-13(14(9)16(18)19)20-12-6-5-10(8-17)7-11(12)15/h2-7,17H,8H2,1H3. The highest BCUT2D eigenvalue weighted by Gasteiger charge is 2.19. The first-order valence-corrected chi connectivity index (χ1v) is 5.84. The maximum Gasteiger partial charge on any atom is 0.314 e. The summed E-state index contributed by atoms with van der Waals surface area (Å²) in [5.41, 5.74) is 0.631. The van der Waals surface area contributed by atoms with Gasteiger partial charge in [0, 0.05) is 5.56 Å². The molecule has 0 aromatic heterocycles. The Morgan fingerprint density at radius 2 is 2.05 bits per heavy atom. The zero-order valence-electron chi connectivity index (χ0n) is 10.7. The van der Waals surface area contributed by atoms with Crippen LogP contribution in [-0.4, -0.2) is 10.0 Å². The van der Waals surface area contributed by atoms with Gasteiger partial charge in [-0.2, -0.15) is 0 Å². The van der Waals surface area contributed by atoms with E-state index in [2.05, 4.69) is 0 Å². The number of nitro benzene ring substituents is 1. The minimum atomic E-state index is -0.688. The highest BCUT2D eigenvalue weighted by molar-refractivity contribution is 5.53. The van der Waals surface area contributed by atoms with Gasteiger partial charge >= 0.3 is 5.69 Å². The third-order valence-corrected chi connectivity index (χ3v) is 2.78. The average molecular weight is 277 g/mol. The van der Waals surface area contributed by atoms with Crippen LogP contribution in [0.5, 0.6) is 11.5 Å². The summed E-state index contributed by atoms with van der Waals surface area (Å²) in [4.78, 5) is 10.5. The molecule has 0 atom stereocenters. The fourth-order valence-corrected chi connectivity index (χ4v) is 1.79. The Morgan fingerprint density at radius 1 is 1.30 bits per heavy atom. The molecule has 20 heavy (non-hydrogen) atoms. The molecule has 2 aromatic rings. The predicted octanol–water partition coefficient (Wildman–Crippen LogP) is 3.33. The normalized spacial score (nSPS) is 10.3. The molecule has 0 aliphatic heterocycles. The van der Waals surface area contributed by atoms with E-state index < -0.39 is 10.7 Å². The Morgan fingerprint density at radius 3 is 2.65 bits per heavy atom. The first kappa shape index (κ1) is 14.0. The second-order valence-electron chi connectivity index (χ2n) is 4.20. The molecule has 1 N–H and O–H groups in total. The smallest absolute Gasteiger partial charge is 0.314 e. The minimum Gasteiger partial charge on any atom is -0.447 e. The summed E-state index contributed by atoms with van der Waals surface area (Å²) in [5, 5.41) is 19.9. The second kappa shape index (κ2) is 5.66. The van der Waals surface area contributed by atoms with Crippen LogP contribution < -0.4 is 4.74 Å². The van der Waals surface area contributed by atoms with Crippen molar-refractivity contribution in [1.82, 2.24) is 0 Å². The molecule has 0 aliphatic carbocycles. The number of benzene rings is 2. The molecule has 0 spiro atoms. The number of aliphatic hydroxyl groups excluding tert-OH is 1. The van der Waals surface area contributed by atoms with Crippen molar-refractivity contribution in [3.8, 4) is 11.5 Å². The number of ether oxygens (including phenoxy) is 1. The van der Waals surface area contributed by atoms with Crippen molar-refractivity contribution >= 4 is 5.69 Å². The number of aryl methyl sites for hydroxylation is 1. The van der Waals surface area contributed by atoms with E-state index in [4.69, 9.17) is 9.84 Å². The molecule has 0 amide bonds. The molecule has 0 radical (unpaired) electrons. The predicted molar refractivity (Wildman–Crippen MR) is 70.2 cm³/mol. The first-order valence-electron chi connectivity index (χ1n) is 5.84. The Kier molecular flexibility index (Phi) is 3.95. The Bertz CT molecular complexity index is 658. The van der Waals surface area contributed by atoms with Gasteiger partial charge in [-0.1, -0.05) is 18.2 Å². The molecule has 5 nitrogen and oxygen atoms in total. The van der Waals surface area contributed by atoms with Crippen LogP contribution in [0.3, 0.4) is 0 Å². The van der Waals surface area contributed by atoms with Gasteiger partial charge in [-0.05, 0) is 30.7 Å². The number of aliphatic hydroxyl groups is 1. The van der Waals surface area contributed by atoms with Crippen LogP contribution >= 0.6 is 0 Å². The van der Waals surface area contributed by atoms with Gasteiger partial charge < -0.3 is 9.84 Å². The fourth-order valence-electron chi connectivity index (χ4n) is 1.79. The number of nitro groups is 1. The van der Waals surface area contributed by atoms with Gasteiger partial charge in [0.15, 0.2) is 11.6 Å². The largest absolute Gasteiger partial charge is 0.447 e. The lowest BCUT2D eigenvalue weighted by molar-refractivity contribution is -0.386. The third-order valence-electron chi connectivity index (χ3n) is 2.78. The van der Waals surface area contributed by atoms with Crippen molar-refractivity contribution in [1.29, 1.82) is 0 Å². The Hall–Kier alpha value is -2.47. The molecule has 0 fully saturated rings. The zero-order valence-corrected chi connectivity index (χ0v) is 10.7. The van der Waals surface area contributed by atoms with E-state index >= 15 is 0 Å². The lowest BCUT2D eigenvalue weighted by Crippen LogP contribution is -1.97. The van der Waals surface area contributed by atoms with Crippen molar-refractivity contribution in [2.24, 2.45) is 0 Å². The fraction of sp³-hybridized carbons (Fsp3) is 0.143. The molecule has 2 rings (SSSR count). The van der Waals surface area contributed by atoms with Crippen molar-refractivity contribution in [3.63, 3.8) is 0 Å². The quantitative estimate of drug-likeness (QED) is 0.687.